The molecule has 0 bridgehead atoms. The van der Waals surface area contributed by atoms with Gasteiger partial charge in [-0.05, 0) is 55.3 Å². The molecule has 4 nitrogen and oxygen atoms in total. The lowest BCUT2D eigenvalue weighted by molar-refractivity contribution is 0.0939. The molecular weight excluding hydrogens is 286 g/mol. The molecule has 0 heterocycles. The van der Waals surface area contributed by atoms with E-state index in [1.807, 2.05) is 44.2 Å². The molecule has 0 saturated carbocycles. The summed E-state index contributed by atoms with van der Waals surface area (Å²) in [5.41, 5.74) is 5.79. The van der Waals surface area contributed by atoms with Gasteiger partial charge in [0.2, 0.25) is 0 Å². The number of hydrazine groups is 1. The van der Waals surface area contributed by atoms with Gasteiger partial charge < -0.3 is 10.7 Å². The maximum absolute atomic E-state index is 12.3. The third kappa shape index (κ3) is 3.74. The summed E-state index contributed by atoms with van der Waals surface area (Å²) in [5.74, 6) is 5.23. The molecule has 0 radical (unpaired) electrons. The highest BCUT2D eigenvalue weighted by Crippen LogP contribution is 2.19. The molecule has 0 aromatic heterocycles. The van der Waals surface area contributed by atoms with Crippen LogP contribution in [0.15, 0.2) is 42.5 Å². The van der Waals surface area contributed by atoms with Gasteiger partial charge in [-0.25, -0.2) is 0 Å². The predicted octanol–water partition coefficient (Wildman–Crippen LogP) is 3.43. The Morgan fingerprint density at radius 3 is 2.62 bits per heavy atom. The van der Waals surface area contributed by atoms with E-state index in [0.29, 0.717) is 10.6 Å². The fourth-order valence-electron chi connectivity index (χ4n) is 2.14. The van der Waals surface area contributed by atoms with Gasteiger partial charge in [0, 0.05) is 16.3 Å². The first-order valence-electron chi connectivity index (χ1n) is 6.65. The topological polar surface area (TPSA) is 67.1 Å². The number of hydrogen-bond acceptors (Lipinski definition) is 3. The molecule has 110 valence electrons. The minimum atomic E-state index is -0.122. The molecule has 0 aliphatic carbocycles. The number of nitrogens with one attached hydrogen (secondary N) is 2. The molecule has 1 unspecified atom stereocenters. The Balaban J connectivity index is 2.14. The van der Waals surface area contributed by atoms with Crippen molar-refractivity contribution in [1.82, 2.24) is 5.32 Å². The number of nitrogens with two attached hydrogens (primary N) is 1. The van der Waals surface area contributed by atoms with Gasteiger partial charge in [0.1, 0.15) is 0 Å². The second kappa shape index (κ2) is 6.61. The van der Waals surface area contributed by atoms with Crippen LogP contribution >= 0.6 is 11.6 Å². The van der Waals surface area contributed by atoms with Crippen LogP contribution in [0.4, 0.5) is 5.69 Å². The summed E-state index contributed by atoms with van der Waals surface area (Å²) in [6.07, 6.45) is 0. The van der Waals surface area contributed by atoms with E-state index in [1.54, 1.807) is 12.1 Å². The van der Waals surface area contributed by atoms with Crippen molar-refractivity contribution < 1.29 is 4.79 Å². The van der Waals surface area contributed by atoms with Crippen LogP contribution in [-0.2, 0) is 0 Å². The minimum Gasteiger partial charge on any atom is -0.346 e. The summed E-state index contributed by atoms with van der Waals surface area (Å²) in [7, 11) is 0. The van der Waals surface area contributed by atoms with Gasteiger partial charge in [0.05, 0.1) is 6.04 Å². The van der Waals surface area contributed by atoms with Gasteiger partial charge in [0.25, 0.3) is 5.91 Å². The summed E-state index contributed by atoms with van der Waals surface area (Å²) >= 11 is 5.97. The molecule has 2 aromatic rings. The van der Waals surface area contributed by atoms with Gasteiger partial charge in [-0.3, -0.25) is 10.6 Å². The molecule has 21 heavy (non-hydrogen) atoms. The van der Waals surface area contributed by atoms with E-state index < -0.39 is 0 Å². The number of halogens is 1. The number of aryl methyl sites for hydroxylation is 1. The zero-order chi connectivity index (χ0) is 15.4. The Labute approximate surface area is 129 Å². The molecular formula is C16H18ClN3O. The van der Waals surface area contributed by atoms with Crippen molar-refractivity contribution in [2.45, 2.75) is 19.9 Å². The van der Waals surface area contributed by atoms with Crippen molar-refractivity contribution >= 4 is 23.2 Å². The van der Waals surface area contributed by atoms with Gasteiger partial charge in [-0.2, -0.15) is 0 Å². The van der Waals surface area contributed by atoms with E-state index in [9.17, 15) is 4.79 Å². The monoisotopic (exact) mass is 303 g/mol. The van der Waals surface area contributed by atoms with Crippen LogP contribution in [0.25, 0.3) is 0 Å². The Bertz CT molecular complexity index is 658. The average Bonchev–Trinajstić information content (AvgIpc) is 2.46. The third-order valence-electron chi connectivity index (χ3n) is 3.33. The van der Waals surface area contributed by atoms with Crippen molar-refractivity contribution in [3.05, 3.63) is 64.2 Å². The van der Waals surface area contributed by atoms with Crippen LogP contribution in [0.3, 0.4) is 0 Å². The maximum Gasteiger partial charge on any atom is 0.252 e. The summed E-state index contributed by atoms with van der Waals surface area (Å²) in [6, 6.07) is 12.7. The molecule has 0 saturated heterocycles. The van der Waals surface area contributed by atoms with Crippen LogP contribution in [0.5, 0.6) is 0 Å². The van der Waals surface area contributed by atoms with Crippen LogP contribution < -0.4 is 16.6 Å². The normalized spacial score (nSPS) is 11.8. The summed E-state index contributed by atoms with van der Waals surface area (Å²) in [5, 5.41) is 3.62. The van der Waals surface area contributed by atoms with Crippen molar-refractivity contribution in [2.24, 2.45) is 5.84 Å². The largest absolute Gasteiger partial charge is 0.346 e. The number of carbonyl (C=O) groups excluding carboxylic acids is 1. The second-order valence-electron chi connectivity index (χ2n) is 4.92. The van der Waals surface area contributed by atoms with E-state index in [-0.39, 0.29) is 11.9 Å². The summed E-state index contributed by atoms with van der Waals surface area (Å²) in [4.78, 5) is 12.3. The number of carbonyl (C=O) groups is 1. The molecule has 4 N–H and O–H groups in total. The molecule has 0 fully saturated rings. The second-order valence-corrected chi connectivity index (χ2v) is 5.36. The lowest BCUT2D eigenvalue weighted by atomic mass is 10.1. The number of anilines is 1. The SMILES string of the molecule is Cc1cc(NN)ccc1C(=O)NC(C)c1cccc(Cl)c1. The molecule has 2 rings (SSSR count). The number of amides is 1. The first-order valence-corrected chi connectivity index (χ1v) is 7.02. The summed E-state index contributed by atoms with van der Waals surface area (Å²) < 4.78 is 0. The molecule has 0 aliphatic heterocycles. The maximum atomic E-state index is 12.3. The van der Waals surface area contributed by atoms with Gasteiger partial charge in [-0.15, -0.1) is 0 Å². The molecule has 2 aromatic carbocycles. The summed E-state index contributed by atoms with van der Waals surface area (Å²) in [6.45, 7) is 3.80. The van der Waals surface area contributed by atoms with Gasteiger partial charge in [0.15, 0.2) is 0 Å². The Hall–Kier alpha value is -2.04. The Morgan fingerprint density at radius 1 is 1.24 bits per heavy atom. The number of benzene rings is 2. The highest BCUT2D eigenvalue weighted by atomic mass is 35.5. The highest BCUT2D eigenvalue weighted by molar-refractivity contribution is 6.30. The number of nitrogen functional groups attached to an aromatic ring is 1. The van der Waals surface area contributed by atoms with Crippen molar-refractivity contribution in [3.63, 3.8) is 0 Å². The van der Waals surface area contributed by atoms with Crippen molar-refractivity contribution in [3.8, 4) is 0 Å². The molecule has 1 amide bonds. The Kier molecular flexibility index (Phi) is 4.83. The fraction of sp³-hybridized carbons (Fsp3) is 0.188. The number of rotatable bonds is 4. The Morgan fingerprint density at radius 2 is 2.00 bits per heavy atom. The van der Waals surface area contributed by atoms with Crippen LogP contribution in [0, 0.1) is 6.92 Å². The van der Waals surface area contributed by atoms with Gasteiger partial charge >= 0.3 is 0 Å². The van der Waals surface area contributed by atoms with E-state index >= 15 is 0 Å². The standard InChI is InChI=1S/C16H18ClN3O/c1-10-8-14(20-18)6-7-15(10)16(21)19-11(2)12-4-3-5-13(17)9-12/h3-9,11,20H,18H2,1-2H3,(H,19,21). The lowest BCUT2D eigenvalue weighted by Crippen LogP contribution is -2.27. The predicted molar refractivity (Wildman–Crippen MR) is 86.3 cm³/mol. The van der Waals surface area contributed by atoms with Gasteiger partial charge in [-0.1, -0.05) is 23.7 Å². The van der Waals surface area contributed by atoms with E-state index in [1.165, 1.54) is 0 Å². The smallest absolute Gasteiger partial charge is 0.252 e. The number of hydrogen-bond donors (Lipinski definition) is 3. The van der Waals surface area contributed by atoms with E-state index in [4.69, 9.17) is 17.4 Å². The van der Waals surface area contributed by atoms with Crippen LogP contribution in [0.1, 0.15) is 34.5 Å². The molecule has 5 heteroatoms. The van der Waals surface area contributed by atoms with E-state index in [2.05, 4.69) is 10.7 Å². The van der Waals surface area contributed by atoms with Crippen LogP contribution in [-0.4, -0.2) is 5.91 Å². The lowest BCUT2D eigenvalue weighted by Gasteiger charge is -2.16. The quantitative estimate of drug-likeness (QED) is 0.599. The minimum absolute atomic E-state index is 0.122. The van der Waals surface area contributed by atoms with Crippen molar-refractivity contribution in [2.75, 3.05) is 5.43 Å². The first-order chi connectivity index (χ1) is 10.0. The molecule has 1 atom stereocenters. The molecule has 0 aliphatic rings. The first kappa shape index (κ1) is 15.4. The van der Waals surface area contributed by atoms with E-state index in [0.717, 1.165) is 16.8 Å². The zero-order valence-corrected chi connectivity index (χ0v) is 12.7. The zero-order valence-electron chi connectivity index (χ0n) is 12.0. The average molecular weight is 304 g/mol. The third-order valence-corrected chi connectivity index (χ3v) is 3.57. The van der Waals surface area contributed by atoms with Crippen LogP contribution in [0.2, 0.25) is 5.02 Å². The highest BCUT2D eigenvalue weighted by Gasteiger charge is 2.13. The molecule has 0 spiro atoms. The fourth-order valence-corrected chi connectivity index (χ4v) is 2.34. The van der Waals surface area contributed by atoms with Crippen molar-refractivity contribution in [1.29, 1.82) is 0 Å².